The van der Waals surface area contributed by atoms with Crippen LogP contribution in [-0.4, -0.2) is 46.3 Å². The summed E-state index contributed by atoms with van der Waals surface area (Å²) < 4.78 is 37.9. The van der Waals surface area contributed by atoms with Crippen molar-refractivity contribution in [2.45, 2.75) is 19.4 Å². The van der Waals surface area contributed by atoms with Crippen molar-refractivity contribution in [2.24, 2.45) is 10.7 Å². The molecule has 1 aliphatic rings. The van der Waals surface area contributed by atoms with Gasteiger partial charge in [0.25, 0.3) is 0 Å². The molecule has 3 aromatic rings. The zero-order valence-electron chi connectivity index (χ0n) is 17.8. The molecule has 0 saturated carbocycles. The molecule has 1 saturated heterocycles. The van der Waals surface area contributed by atoms with Crippen LogP contribution < -0.4 is 11.1 Å². The Kier molecular flexibility index (Phi) is 6.43. The summed E-state index contributed by atoms with van der Waals surface area (Å²) in [6.45, 7) is 3.82. The van der Waals surface area contributed by atoms with Crippen molar-refractivity contribution in [2.75, 3.05) is 19.7 Å². The first kappa shape index (κ1) is 22.5. The minimum absolute atomic E-state index is 0.129. The van der Waals surface area contributed by atoms with E-state index < -0.39 is 22.3 Å². The number of nitrogens with zero attached hydrogens (tertiary/aromatic N) is 4. The lowest BCUT2D eigenvalue weighted by Gasteiger charge is -2.24. The maximum atomic E-state index is 15.1. The fourth-order valence-electron chi connectivity index (χ4n) is 3.71. The monoisotopic (exact) mass is 456 g/mol. The largest absolute Gasteiger partial charge is 0.399 e. The predicted octanol–water partition coefficient (Wildman–Crippen LogP) is 2.90. The molecule has 0 radical (unpaired) electrons. The number of hydrogen-bond acceptors (Lipinski definition) is 7. The molecule has 1 atom stereocenters. The van der Waals surface area contributed by atoms with Crippen LogP contribution in [0.1, 0.15) is 11.3 Å². The molecule has 3 N–H and O–H groups in total. The van der Waals surface area contributed by atoms with Gasteiger partial charge in [0.2, 0.25) is 0 Å². The number of halogens is 2. The lowest BCUT2D eigenvalue weighted by atomic mass is 10.0. The molecule has 1 aromatic carbocycles. The second-order valence-corrected chi connectivity index (χ2v) is 7.63. The Labute approximate surface area is 187 Å². The van der Waals surface area contributed by atoms with Gasteiger partial charge in [-0.05, 0) is 24.6 Å². The number of nitrogens with two attached hydrogens (primary N) is 1. The van der Waals surface area contributed by atoms with E-state index in [1.54, 1.807) is 4.40 Å². The van der Waals surface area contributed by atoms with E-state index in [0.717, 1.165) is 36.7 Å². The summed E-state index contributed by atoms with van der Waals surface area (Å²) >= 11 is 0. The molecule has 33 heavy (non-hydrogen) atoms. The number of imidazole rings is 1. The van der Waals surface area contributed by atoms with Gasteiger partial charge >= 0.3 is 5.70 Å². The maximum Gasteiger partial charge on any atom is 0.302 e. The second-order valence-electron chi connectivity index (χ2n) is 7.63. The zero-order valence-corrected chi connectivity index (χ0v) is 17.8. The first-order valence-corrected chi connectivity index (χ1v) is 10.3. The molecule has 0 aliphatic carbocycles. The maximum absolute atomic E-state index is 15.1. The van der Waals surface area contributed by atoms with Crippen LogP contribution in [0.25, 0.3) is 16.9 Å². The van der Waals surface area contributed by atoms with Gasteiger partial charge in [-0.2, -0.15) is 0 Å². The number of ether oxygens (including phenoxy) is 1. The summed E-state index contributed by atoms with van der Waals surface area (Å²) in [6.07, 6.45) is 3.63. The first-order chi connectivity index (χ1) is 15.9. The first-order valence-electron chi connectivity index (χ1n) is 10.3. The van der Waals surface area contributed by atoms with Crippen molar-refractivity contribution in [3.05, 3.63) is 75.4 Å². The summed E-state index contributed by atoms with van der Waals surface area (Å²) in [5.74, 6) is -1.77. The molecular weight excluding hydrogens is 434 g/mol. The van der Waals surface area contributed by atoms with E-state index in [1.807, 2.05) is 25.3 Å². The number of aryl methyl sites for hydroxylation is 1. The highest BCUT2D eigenvalue weighted by atomic mass is 19.1. The number of hydrogen-bond donors (Lipinski definition) is 2. The van der Waals surface area contributed by atoms with E-state index in [9.17, 15) is 10.1 Å². The molecule has 0 spiro atoms. The third-order valence-corrected chi connectivity index (χ3v) is 5.30. The van der Waals surface area contributed by atoms with Gasteiger partial charge in [-0.1, -0.05) is 0 Å². The molecule has 1 unspecified atom stereocenters. The summed E-state index contributed by atoms with van der Waals surface area (Å²) in [4.78, 5) is 18.4. The van der Waals surface area contributed by atoms with Crippen LogP contribution in [0.4, 0.5) is 14.5 Å². The lowest BCUT2D eigenvalue weighted by molar-refractivity contribution is -0.414. The Morgan fingerprint density at radius 3 is 2.82 bits per heavy atom. The van der Waals surface area contributed by atoms with E-state index in [2.05, 4.69) is 15.3 Å². The molecule has 1 aliphatic heterocycles. The van der Waals surface area contributed by atoms with Crippen molar-refractivity contribution >= 4 is 17.5 Å². The highest BCUT2D eigenvalue weighted by molar-refractivity contribution is 5.78. The third-order valence-electron chi connectivity index (χ3n) is 5.30. The number of allylic oxidation sites excluding steroid dienone is 1. The summed E-state index contributed by atoms with van der Waals surface area (Å²) in [5, 5.41) is 14.1. The molecule has 11 heteroatoms. The fourth-order valence-corrected chi connectivity index (χ4v) is 3.71. The van der Waals surface area contributed by atoms with Crippen molar-refractivity contribution in [3.8, 4) is 11.3 Å². The molecule has 172 valence electrons. The standard InChI is InChI=1S/C22H22F2N6O3/c1-13-2-4-29-19(9-16-12-26-3-5-33-16)22(28-20(29)6-13)21-17(23)7-14(8-18(21)24)27-11-15(10-25)30(31)32/h2,4,6-8,10-11,16,26H,3,5,9,12,25H2,1H3. The van der Waals surface area contributed by atoms with E-state index in [0.29, 0.717) is 30.9 Å². The fraction of sp³-hybridized carbons (Fsp3) is 0.273. The molecule has 2 aromatic heterocycles. The van der Waals surface area contributed by atoms with Gasteiger partial charge in [0.15, 0.2) is 0 Å². The molecule has 0 bridgehead atoms. The molecule has 3 heterocycles. The smallest absolute Gasteiger partial charge is 0.302 e. The number of nitrogens with one attached hydrogen (secondary N) is 1. The van der Waals surface area contributed by atoms with E-state index in [1.165, 1.54) is 0 Å². The van der Waals surface area contributed by atoms with Gasteiger partial charge in [-0.15, -0.1) is 0 Å². The predicted molar refractivity (Wildman–Crippen MR) is 119 cm³/mol. The van der Waals surface area contributed by atoms with E-state index in [4.69, 9.17) is 10.5 Å². The van der Waals surface area contributed by atoms with Gasteiger partial charge < -0.3 is 20.2 Å². The van der Waals surface area contributed by atoms with Gasteiger partial charge in [0.1, 0.15) is 23.5 Å². The highest BCUT2D eigenvalue weighted by Gasteiger charge is 2.25. The van der Waals surface area contributed by atoms with E-state index >= 15 is 8.78 Å². The molecule has 4 rings (SSSR count). The molecule has 0 amide bonds. The number of aromatic nitrogens is 2. The molecule has 1 fully saturated rings. The minimum atomic E-state index is -0.884. The Morgan fingerprint density at radius 2 is 2.18 bits per heavy atom. The summed E-state index contributed by atoms with van der Waals surface area (Å²) in [7, 11) is 0. The van der Waals surface area contributed by atoms with E-state index in [-0.39, 0.29) is 23.0 Å². The van der Waals surface area contributed by atoms with Crippen LogP contribution in [0.3, 0.4) is 0 Å². The lowest BCUT2D eigenvalue weighted by Crippen LogP contribution is -2.39. The quantitative estimate of drug-likeness (QED) is 0.334. The van der Waals surface area contributed by atoms with Crippen molar-refractivity contribution in [1.29, 1.82) is 0 Å². The van der Waals surface area contributed by atoms with Crippen molar-refractivity contribution < 1.29 is 18.4 Å². The van der Waals surface area contributed by atoms with Crippen LogP contribution in [0.5, 0.6) is 0 Å². The Hall–Kier alpha value is -3.70. The Morgan fingerprint density at radius 1 is 1.42 bits per heavy atom. The van der Waals surface area contributed by atoms with Crippen LogP contribution in [0.2, 0.25) is 0 Å². The number of aliphatic imine (C=N–C) groups is 1. The van der Waals surface area contributed by atoms with Crippen LogP contribution >= 0.6 is 0 Å². The summed E-state index contributed by atoms with van der Waals surface area (Å²) in [6, 6.07) is 5.73. The van der Waals surface area contributed by atoms with Crippen LogP contribution in [0.15, 0.2) is 47.4 Å². The zero-order chi connectivity index (χ0) is 23.5. The SMILES string of the molecule is Cc1ccn2c(CC3CNCCO3)c(-c3c(F)cc(N=CC(=CN)[N+](=O)[O-])cc3F)nc2c1. The molecule has 9 nitrogen and oxygen atoms in total. The number of morpholine rings is 1. The van der Waals surface area contributed by atoms with Crippen LogP contribution in [-0.2, 0) is 11.2 Å². The normalized spacial score (nSPS) is 17.2. The highest BCUT2D eigenvalue weighted by Crippen LogP contribution is 2.33. The van der Waals surface area contributed by atoms with Crippen molar-refractivity contribution in [3.63, 3.8) is 0 Å². The minimum Gasteiger partial charge on any atom is -0.399 e. The Bertz CT molecular complexity index is 1240. The Balaban J connectivity index is 1.78. The van der Waals surface area contributed by atoms with Gasteiger partial charge in [0.05, 0.1) is 46.5 Å². The number of rotatable bonds is 6. The number of nitro groups is 1. The average Bonchev–Trinajstić information content (AvgIpc) is 3.11. The number of benzene rings is 1. The van der Waals surface area contributed by atoms with Gasteiger partial charge in [-0.25, -0.2) is 18.8 Å². The number of pyridine rings is 1. The molecular formula is C22H22F2N6O3. The average molecular weight is 456 g/mol. The van der Waals surface area contributed by atoms with Gasteiger partial charge in [-0.3, -0.25) is 10.1 Å². The number of fused-ring (bicyclic) bond motifs is 1. The second kappa shape index (κ2) is 9.43. The van der Waals surface area contributed by atoms with Crippen LogP contribution in [0, 0.1) is 28.7 Å². The summed E-state index contributed by atoms with van der Waals surface area (Å²) in [5.41, 5.74) is 6.56. The van der Waals surface area contributed by atoms with Crippen molar-refractivity contribution in [1.82, 2.24) is 14.7 Å². The van der Waals surface area contributed by atoms with Gasteiger partial charge in [0, 0.05) is 37.8 Å². The third kappa shape index (κ3) is 4.73. The topological polar surface area (TPSA) is 120 Å².